The smallest absolute Gasteiger partial charge is 1.00 e. The Kier molecular flexibility index (Phi) is 14.9. The molecule has 0 amide bonds. The molecule has 0 aliphatic heterocycles. The number of allylic oxidation sites excluding steroid dienone is 4. The minimum absolute atomic E-state index is 0. The molecule has 0 spiro atoms. The van der Waals surface area contributed by atoms with Gasteiger partial charge in [-0.05, 0) is 5.41 Å². The largest absolute Gasteiger partial charge is 4.00 e. The molecule has 0 atom stereocenters. The van der Waals surface area contributed by atoms with Crippen LogP contribution in [-0.4, -0.2) is 4.98 Å². The van der Waals surface area contributed by atoms with Crippen molar-refractivity contribution in [2.75, 3.05) is 0 Å². The van der Waals surface area contributed by atoms with E-state index in [0.717, 1.165) is 6.42 Å². The zero-order chi connectivity index (χ0) is 10.4. The van der Waals surface area contributed by atoms with Crippen LogP contribution in [-0.2, 0) is 31.6 Å². The third kappa shape index (κ3) is 9.88. The summed E-state index contributed by atoms with van der Waals surface area (Å²) >= 11 is 0. The Morgan fingerprint density at radius 1 is 1.24 bits per heavy atom. The first-order valence-electron chi connectivity index (χ1n) is 4.88. The number of hydrogen-bond acceptors (Lipinski definition) is 0. The molecule has 0 fully saturated rings. The second-order valence-electron chi connectivity index (χ2n) is 4.27. The van der Waals surface area contributed by atoms with Gasteiger partial charge in [-0.25, -0.2) is 12.2 Å². The van der Waals surface area contributed by atoms with Crippen LogP contribution in [0, 0.1) is 12.3 Å². The summed E-state index contributed by atoms with van der Waals surface area (Å²) in [5, 5.41) is 0. The van der Waals surface area contributed by atoms with Crippen molar-refractivity contribution in [2.24, 2.45) is 0 Å². The monoisotopic (exact) mass is 347 g/mol. The normalized spacial score (nSPS) is 11.5. The average Bonchev–Trinajstić information content (AvgIpc) is 2.80. The quantitative estimate of drug-likeness (QED) is 0.496. The topological polar surface area (TPSA) is 15.8 Å². The van der Waals surface area contributed by atoms with Gasteiger partial charge in [0, 0.05) is 0 Å². The first kappa shape index (κ1) is 22.4. The molecular weight excluding hydrogens is 332 g/mol. The van der Waals surface area contributed by atoms with Gasteiger partial charge in [0.15, 0.2) is 0 Å². The van der Waals surface area contributed by atoms with Gasteiger partial charge < -0.3 is 29.8 Å². The van der Waals surface area contributed by atoms with Crippen LogP contribution in [0.1, 0.15) is 32.8 Å². The number of hydrogen-bond donors (Lipinski definition) is 1. The number of aromatic amines is 1. The van der Waals surface area contributed by atoms with E-state index in [4.69, 9.17) is 0 Å². The summed E-state index contributed by atoms with van der Waals surface area (Å²) in [6.07, 6.45) is 15.0. The molecule has 0 aromatic carbocycles. The summed E-state index contributed by atoms with van der Waals surface area (Å²) < 4.78 is 0. The standard InChI is InChI=1S/C8H12N.C5H5.2ClH.Zr/c1-8(2,3)7-4-5-9-6-7;1-2-4-5-3-1;;;/h4-5,9H,1-3H3;1-3H,4H2;2*1H;/q2*-1;;;+4/p-2. The Morgan fingerprint density at radius 3 is 2.06 bits per heavy atom. The van der Waals surface area contributed by atoms with E-state index >= 15 is 0 Å². The van der Waals surface area contributed by atoms with Crippen LogP contribution in [0.4, 0.5) is 0 Å². The van der Waals surface area contributed by atoms with Gasteiger partial charge >= 0.3 is 26.2 Å². The minimum Gasteiger partial charge on any atom is -1.00 e. The summed E-state index contributed by atoms with van der Waals surface area (Å²) in [5.41, 5.74) is 1.47. The maximum Gasteiger partial charge on any atom is 4.00 e. The van der Waals surface area contributed by atoms with E-state index in [-0.39, 0.29) is 56.4 Å². The maximum atomic E-state index is 3.05. The van der Waals surface area contributed by atoms with Crippen molar-refractivity contribution in [3.05, 3.63) is 48.3 Å². The molecule has 0 radical (unpaired) electrons. The van der Waals surface area contributed by atoms with Gasteiger partial charge in [-0.15, -0.1) is 18.2 Å². The molecule has 0 saturated heterocycles. The molecule has 1 aromatic heterocycles. The molecule has 92 valence electrons. The zero-order valence-electron chi connectivity index (χ0n) is 10.3. The minimum atomic E-state index is 0. The second-order valence-corrected chi connectivity index (χ2v) is 4.27. The third-order valence-electron chi connectivity index (χ3n) is 1.93. The van der Waals surface area contributed by atoms with Crippen molar-refractivity contribution in [1.29, 1.82) is 0 Å². The number of H-pyrrole nitrogens is 1. The molecule has 1 nitrogen and oxygen atoms in total. The fourth-order valence-electron chi connectivity index (χ4n) is 1.06. The maximum absolute atomic E-state index is 3.05. The second kappa shape index (κ2) is 11.3. The SMILES string of the molecule is CC(C)(C)c1[c-][nH]cc1.[C-]1=CC=CC1.[Cl-].[Cl-].[Zr+4]. The molecule has 1 aromatic rings. The fraction of sp³-hybridized carbons (Fsp3) is 0.385. The molecule has 1 aliphatic carbocycles. The van der Waals surface area contributed by atoms with Crippen LogP contribution >= 0.6 is 0 Å². The van der Waals surface area contributed by atoms with E-state index in [0.29, 0.717) is 0 Å². The van der Waals surface area contributed by atoms with E-state index in [9.17, 15) is 0 Å². The van der Waals surface area contributed by atoms with Crippen LogP contribution in [0.25, 0.3) is 0 Å². The van der Waals surface area contributed by atoms with Gasteiger partial charge in [0.1, 0.15) is 0 Å². The predicted molar refractivity (Wildman–Crippen MR) is 59.9 cm³/mol. The van der Waals surface area contributed by atoms with E-state index < -0.39 is 0 Å². The van der Waals surface area contributed by atoms with Crippen molar-refractivity contribution in [1.82, 2.24) is 4.98 Å². The molecule has 1 N–H and O–H groups in total. The molecule has 0 unspecified atom stereocenters. The summed E-state index contributed by atoms with van der Waals surface area (Å²) in [5.74, 6) is 0. The first-order valence-corrected chi connectivity index (χ1v) is 4.88. The summed E-state index contributed by atoms with van der Waals surface area (Å²) in [6.45, 7) is 6.52. The van der Waals surface area contributed by atoms with E-state index in [1.54, 1.807) is 0 Å². The Hall–Kier alpha value is 0.223. The van der Waals surface area contributed by atoms with Gasteiger partial charge in [-0.3, -0.25) is 6.08 Å². The summed E-state index contributed by atoms with van der Waals surface area (Å²) in [4.78, 5) is 2.91. The molecule has 1 aliphatic rings. The average molecular weight is 349 g/mol. The first-order chi connectivity index (χ1) is 6.61. The van der Waals surface area contributed by atoms with Gasteiger partial charge in [0.25, 0.3) is 0 Å². The van der Waals surface area contributed by atoms with Crippen molar-refractivity contribution in [2.45, 2.75) is 32.6 Å². The Labute approximate surface area is 136 Å². The Balaban J connectivity index is -0.000000216. The number of nitrogens with one attached hydrogen (secondary N) is 1. The van der Waals surface area contributed by atoms with Crippen LogP contribution < -0.4 is 24.8 Å². The molecule has 0 saturated carbocycles. The van der Waals surface area contributed by atoms with Gasteiger partial charge in [-0.2, -0.15) is 18.3 Å². The summed E-state index contributed by atoms with van der Waals surface area (Å²) in [7, 11) is 0. The number of aromatic nitrogens is 1. The molecule has 1 heterocycles. The van der Waals surface area contributed by atoms with Gasteiger partial charge in [-0.1, -0.05) is 20.8 Å². The van der Waals surface area contributed by atoms with Gasteiger partial charge in [0.2, 0.25) is 0 Å². The molecule has 4 heteroatoms. The Morgan fingerprint density at radius 2 is 1.88 bits per heavy atom. The predicted octanol–water partition coefficient (Wildman–Crippen LogP) is -2.58. The zero-order valence-corrected chi connectivity index (χ0v) is 14.3. The third-order valence-corrected chi connectivity index (χ3v) is 1.93. The van der Waals surface area contributed by atoms with Crippen molar-refractivity contribution < 1.29 is 51.0 Å². The van der Waals surface area contributed by atoms with Gasteiger partial charge in [0.05, 0.1) is 0 Å². The van der Waals surface area contributed by atoms with Crippen LogP contribution in [0.3, 0.4) is 0 Å². The fourth-order valence-corrected chi connectivity index (χ4v) is 1.06. The number of rotatable bonds is 0. The van der Waals surface area contributed by atoms with Crippen molar-refractivity contribution in [3.63, 3.8) is 0 Å². The van der Waals surface area contributed by atoms with Crippen molar-refractivity contribution in [3.8, 4) is 0 Å². The number of halogens is 2. The van der Waals surface area contributed by atoms with E-state index in [1.165, 1.54) is 5.56 Å². The molecule has 0 bridgehead atoms. The van der Waals surface area contributed by atoms with Crippen LogP contribution in [0.2, 0.25) is 0 Å². The van der Waals surface area contributed by atoms with Crippen LogP contribution in [0.5, 0.6) is 0 Å². The molecule has 2 rings (SSSR count). The van der Waals surface area contributed by atoms with Crippen molar-refractivity contribution >= 4 is 0 Å². The van der Waals surface area contributed by atoms with Crippen LogP contribution in [0.15, 0.2) is 30.5 Å². The molecule has 17 heavy (non-hydrogen) atoms. The van der Waals surface area contributed by atoms with E-state index in [2.05, 4.69) is 50.2 Å². The summed E-state index contributed by atoms with van der Waals surface area (Å²) in [6, 6.07) is 2.06. The van der Waals surface area contributed by atoms with E-state index in [1.807, 2.05) is 18.3 Å². The Bertz CT molecular complexity index is 301. The molecular formula is C13H17Cl2NZr.